The molecule has 0 saturated carbocycles. The molecule has 122 valence electrons. The molecule has 0 unspecified atom stereocenters. The van der Waals surface area contributed by atoms with Crippen LogP contribution in [-0.2, 0) is 4.79 Å². The summed E-state index contributed by atoms with van der Waals surface area (Å²) in [6.07, 6.45) is 0. The molecule has 3 rings (SSSR count). The van der Waals surface area contributed by atoms with Crippen molar-refractivity contribution in [1.29, 1.82) is 0 Å². The fraction of sp³-hybridized carbons (Fsp3) is 0.105. The van der Waals surface area contributed by atoms with Gasteiger partial charge in [0.2, 0.25) is 0 Å². The van der Waals surface area contributed by atoms with Crippen LogP contribution in [0.2, 0.25) is 5.02 Å². The molecule has 1 aromatic heterocycles. The summed E-state index contributed by atoms with van der Waals surface area (Å²) >= 11 is 7.45. The van der Waals surface area contributed by atoms with Crippen LogP contribution in [0.4, 0.5) is 0 Å². The molecule has 1 heterocycles. The number of carbonyl (C=O) groups excluding carboxylic acids is 1. The van der Waals surface area contributed by atoms with Gasteiger partial charge in [-0.1, -0.05) is 48.0 Å². The smallest absolute Gasteiger partial charge is 0.258 e. The Kier molecular flexibility index (Phi) is 5.51. The first kappa shape index (κ1) is 16.6. The lowest BCUT2D eigenvalue weighted by Gasteiger charge is -2.18. The summed E-state index contributed by atoms with van der Waals surface area (Å²) in [5.41, 5.74) is 1.04. The Bertz CT molecular complexity index is 773. The van der Waals surface area contributed by atoms with Crippen molar-refractivity contribution in [2.45, 2.75) is 6.04 Å². The predicted molar refractivity (Wildman–Crippen MR) is 97.7 cm³/mol. The monoisotopic (exact) mass is 357 g/mol. The zero-order chi connectivity index (χ0) is 16.8. The van der Waals surface area contributed by atoms with Crippen molar-refractivity contribution < 1.29 is 9.53 Å². The molecule has 24 heavy (non-hydrogen) atoms. The number of ether oxygens (including phenoxy) is 1. The Morgan fingerprint density at radius 3 is 2.46 bits per heavy atom. The standard InChI is InChI=1S/C19H16ClNO2S/c20-15-8-10-16(11-9-15)23-13-18(22)21-19(17-7-4-12-24-17)14-5-2-1-3-6-14/h1-12,19H,13H2,(H,21,22)/t19-/m1/s1. The lowest BCUT2D eigenvalue weighted by Crippen LogP contribution is -2.32. The number of carbonyl (C=O) groups is 1. The molecule has 0 spiro atoms. The number of nitrogens with one attached hydrogen (secondary N) is 1. The highest BCUT2D eigenvalue weighted by Crippen LogP contribution is 2.25. The van der Waals surface area contributed by atoms with Crippen LogP contribution in [-0.4, -0.2) is 12.5 Å². The second kappa shape index (κ2) is 7.99. The summed E-state index contributed by atoms with van der Waals surface area (Å²) in [5, 5.41) is 5.67. The summed E-state index contributed by atoms with van der Waals surface area (Å²) in [6.45, 7) is -0.0453. The summed E-state index contributed by atoms with van der Waals surface area (Å²) in [4.78, 5) is 13.4. The maximum atomic E-state index is 12.3. The summed E-state index contributed by atoms with van der Waals surface area (Å²) < 4.78 is 5.51. The zero-order valence-electron chi connectivity index (χ0n) is 12.8. The molecular formula is C19H16ClNO2S. The largest absolute Gasteiger partial charge is 0.484 e. The van der Waals surface area contributed by atoms with E-state index in [1.165, 1.54) is 0 Å². The molecule has 3 nitrogen and oxygen atoms in total. The fourth-order valence-corrected chi connectivity index (χ4v) is 3.23. The van der Waals surface area contributed by atoms with Gasteiger partial charge in [0.1, 0.15) is 5.75 Å². The van der Waals surface area contributed by atoms with Gasteiger partial charge in [0, 0.05) is 9.90 Å². The Morgan fingerprint density at radius 1 is 1.04 bits per heavy atom. The van der Waals surface area contributed by atoms with Crippen LogP contribution in [0.25, 0.3) is 0 Å². The van der Waals surface area contributed by atoms with Gasteiger partial charge in [-0.2, -0.15) is 0 Å². The van der Waals surface area contributed by atoms with Gasteiger partial charge in [-0.05, 0) is 41.3 Å². The zero-order valence-corrected chi connectivity index (χ0v) is 14.4. The third kappa shape index (κ3) is 4.37. The molecule has 0 radical (unpaired) electrons. The highest BCUT2D eigenvalue weighted by molar-refractivity contribution is 7.10. The number of thiophene rings is 1. The maximum absolute atomic E-state index is 12.3. The average molecular weight is 358 g/mol. The van der Waals surface area contributed by atoms with Gasteiger partial charge in [0.25, 0.3) is 5.91 Å². The molecule has 0 saturated heterocycles. The Balaban J connectivity index is 1.66. The molecule has 0 fully saturated rings. The second-order valence-electron chi connectivity index (χ2n) is 5.17. The second-order valence-corrected chi connectivity index (χ2v) is 6.58. The molecule has 3 aromatic rings. The van der Waals surface area contributed by atoms with Crippen molar-refractivity contribution in [3.63, 3.8) is 0 Å². The fourth-order valence-electron chi connectivity index (χ4n) is 2.30. The van der Waals surface area contributed by atoms with Crippen LogP contribution in [0.5, 0.6) is 5.75 Å². The molecule has 0 aliphatic carbocycles. The van der Waals surface area contributed by atoms with E-state index in [1.807, 2.05) is 47.8 Å². The number of rotatable bonds is 6. The van der Waals surface area contributed by atoms with Gasteiger partial charge in [-0.3, -0.25) is 4.79 Å². The molecule has 1 amide bonds. The summed E-state index contributed by atoms with van der Waals surface area (Å²) in [6, 6.07) is 20.7. The van der Waals surface area contributed by atoms with Crippen molar-refractivity contribution in [1.82, 2.24) is 5.32 Å². The first-order chi connectivity index (χ1) is 11.7. The van der Waals surface area contributed by atoms with Crippen molar-refractivity contribution in [2.24, 2.45) is 0 Å². The topological polar surface area (TPSA) is 38.3 Å². The van der Waals surface area contributed by atoms with Gasteiger partial charge in [-0.25, -0.2) is 0 Å². The Morgan fingerprint density at radius 2 is 1.79 bits per heavy atom. The average Bonchev–Trinajstić information content (AvgIpc) is 3.14. The van der Waals surface area contributed by atoms with Crippen molar-refractivity contribution in [2.75, 3.05) is 6.61 Å². The van der Waals surface area contributed by atoms with Gasteiger partial charge >= 0.3 is 0 Å². The normalized spacial score (nSPS) is 11.7. The first-order valence-electron chi connectivity index (χ1n) is 7.48. The van der Waals surface area contributed by atoms with Crippen molar-refractivity contribution in [3.8, 4) is 5.75 Å². The third-order valence-corrected chi connectivity index (χ3v) is 4.64. The number of hydrogen-bond acceptors (Lipinski definition) is 3. The summed E-state index contributed by atoms with van der Waals surface area (Å²) in [5.74, 6) is 0.439. The summed E-state index contributed by atoms with van der Waals surface area (Å²) in [7, 11) is 0. The quantitative estimate of drug-likeness (QED) is 0.695. The lowest BCUT2D eigenvalue weighted by atomic mass is 10.1. The first-order valence-corrected chi connectivity index (χ1v) is 8.74. The van der Waals surface area contributed by atoms with E-state index in [1.54, 1.807) is 35.6 Å². The molecule has 0 aliphatic rings. The number of amides is 1. The number of benzene rings is 2. The highest BCUT2D eigenvalue weighted by Gasteiger charge is 2.17. The minimum absolute atomic E-state index is 0.0453. The molecule has 2 aromatic carbocycles. The van der Waals surface area contributed by atoms with Crippen molar-refractivity contribution in [3.05, 3.63) is 87.6 Å². The van der Waals surface area contributed by atoms with E-state index in [2.05, 4.69) is 5.32 Å². The van der Waals surface area contributed by atoms with Crippen molar-refractivity contribution >= 4 is 28.8 Å². The van der Waals surface area contributed by atoms with Crippen LogP contribution in [0, 0.1) is 0 Å². The number of halogens is 1. The van der Waals surface area contributed by atoms with E-state index in [4.69, 9.17) is 16.3 Å². The van der Waals surface area contributed by atoms with E-state index in [0.717, 1.165) is 10.4 Å². The lowest BCUT2D eigenvalue weighted by molar-refractivity contribution is -0.123. The SMILES string of the molecule is O=C(COc1ccc(Cl)cc1)N[C@H](c1ccccc1)c1cccs1. The molecule has 1 N–H and O–H groups in total. The molecule has 0 aliphatic heterocycles. The van der Waals surface area contributed by atoms with E-state index < -0.39 is 0 Å². The van der Waals surface area contributed by atoms with Crippen LogP contribution >= 0.6 is 22.9 Å². The van der Waals surface area contributed by atoms with E-state index in [0.29, 0.717) is 10.8 Å². The van der Waals surface area contributed by atoms with E-state index in [9.17, 15) is 4.79 Å². The van der Waals surface area contributed by atoms with E-state index >= 15 is 0 Å². The molecule has 1 atom stereocenters. The van der Waals surface area contributed by atoms with Gasteiger partial charge < -0.3 is 10.1 Å². The Hall–Kier alpha value is -2.30. The van der Waals surface area contributed by atoms with E-state index in [-0.39, 0.29) is 18.6 Å². The van der Waals surface area contributed by atoms with Crippen LogP contribution < -0.4 is 10.1 Å². The molecule has 5 heteroatoms. The molecular weight excluding hydrogens is 342 g/mol. The highest BCUT2D eigenvalue weighted by atomic mass is 35.5. The molecule has 0 bridgehead atoms. The minimum Gasteiger partial charge on any atom is -0.484 e. The number of hydrogen-bond donors (Lipinski definition) is 1. The van der Waals surface area contributed by atoms with Crippen LogP contribution in [0.1, 0.15) is 16.5 Å². The minimum atomic E-state index is -0.174. The maximum Gasteiger partial charge on any atom is 0.258 e. The van der Waals surface area contributed by atoms with Crippen LogP contribution in [0.3, 0.4) is 0 Å². The van der Waals surface area contributed by atoms with Gasteiger partial charge in [0.15, 0.2) is 6.61 Å². The third-order valence-electron chi connectivity index (χ3n) is 3.45. The Labute approximate surface area is 149 Å². The predicted octanol–water partition coefficient (Wildman–Crippen LogP) is 4.69. The van der Waals surface area contributed by atoms with Crippen LogP contribution in [0.15, 0.2) is 72.1 Å². The van der Waals surface area contributed by atoms with Gasteiger partial charge in [-0.15, -0.1) is 11.3 Å². The van der Waals surface area contributed by atoms with Gasteiger partial charge in [0.05, 0.1) is 6.04 Å².